The van der Waals surface area contributed by atoms with Gasteiger partial charge in [0.2, 0.25) is 5.91 Å². The zero-order chi connectivity index (χ0) is 13.4. The number of rotatable bonds is 2. The summed E-state index contributed by atoms with van der Waals surface area (Å²) < 4.78 is 0. The molecule has 0 saturated carbocycles. The highest BCUT2D eigenvalue weighted by molar-refractivity contribution is 6.04. The van der Waals surface area contributed by atoms with E-state index in [4.69, 9.17) is 5.73 Å². The molecule has 2 N–H and O–H groups in total. The van der Waals surface area contributed by atoms with Crippen LogP contribution in [0.25, 0.3) is 0 Å². The fraction of sp³-hybridized carbons (Fsp3) is 0.200. The van der Waals surface area contributed by atoms with E-state index in [1.165, 1.54) is 0 Å². The molecule has 2 aromatic rings. The van der Waals surface area contributed by atoms with Gasteiger partial charge in [0.05, 0.1) is 6.54 Å². The second kappa shape index (κ2) is 4.48. The Kier molecular flexibility index (Phi) is 2.80. The van der Waals surface area contributed by atoms with Gasteiger partial charge in [0, 0.05) is 23.6 Å². The van der Waals surface area contributed by atoms with Gasteiger partial charge in [-0.1, -0.05) is 23.8 Å². The van der Waals surface area contributed by atoms with Crippen LogP contribution < -0.4 is 10.6 Å². The first-order valence-electron chi connectivity index (χ1n) is 6.23. The molecule has 1 aliphatic rings. The van der Waals surface area contributed by atoms with Crippen molar-refractivity contribution in [3.8, 4) is 0 Å². The summed E-state index contributed by atoms with van der Waals surface area (Å²) in [6.07, 6.45) is 3.49. The third-order valence-corrected chi connectivity index (χ3v) is 3.40. The largest absolute Gasteiger partial charge is 0.316 e. The van der Waals surface area contributed by atoms with Crippen molar-refractivity contribution < 1.29 is 4.79 Å². The smallest absolute Gasteiger partial charge is 0.248 e. The van der Waals surface area contributed by atoms with Crippen molar-refractivity contribution in [3.63, 3.8) is 0 Å². The Balaban J connectivity index is 1.98. The van der Waals surface area contributed by atoms with Crippen molar-refractivity contribution >= 4 is 11.6 Å². The van der Waals surface area contributed by atoms with Crippen LogP contribution in [0.2, 0.25) is 0 Å². The molecule has 0 fully saturated rings. The second-order valence-corrected chi connectivity index (χ2v) is 4.83. The van der Waals surface area contributed by atoms with Crippen LogP contribution in [0.1, 0.15) is 22.7 Å². The Labute approximate surface area is 111 Å². The van der Waals surface area contributed by atoms with Crippen LogP contribution in [-0.4, -0.2) is 10.9 Å². The first-order chi connectivity index (χ1) is 9.16. The molecule has 3 rings (SSSR count). The number of nitrogens with two attached hydrogens (primary N) is 1. The fourth-order valence-corrected chi connectivity index (χ4v) is 2.43. The average molecular weight is 253 g/mol. The van der Waals surface area contributed by atoms with Gasteiger partial charge in [0.15, 0.2) is 0 Å². The summed E-state index contributed by atoms with van der Waals surface area (Å²) in [7, 11) is 0. The highest BCUT2D eigenvalue weighted by Gasteiger charge is 2.34. The third kappa shape index (κ3) is 2.00. The number of aryl methyl sites for hydroxylation is 1. The molecule has 1 aliphatic heterocycles. The van der Waals surface area contributed by atoms with E-state index in [1.807, 2.05) is 37.3 Å². The van der Waals surface area contributed by atoms with Crippen molar-refractivity contribution in [2.45, 2.75) is 19.5 Å². The van der Waals surface area contributed by atoms with Crippen LogP contribution in [-0.2, 0) is 11.3 Å². The molecule has 1 unspecified atom stereocenters. The van der Waals surface area contributed by atoms with Crippen LogP contribution in [0.3, 0.4) is 0 Å². The van der Waals surface area contributed by atoms with E-state index in [9.17, 15) is 4.79 Å². The predicted octanol–water partition coefficient (Wildman–Crippen LogP) is 1.94. The molecule has 0 bridgehead atoms. The molecular weight excluding hydrogens is 238 g/mol. The molecule has 0 saturated heterocycles. The Morgan fingerprint density at radius 1 is 1.37 bits per heavy atom. The molecule has 1 aromatic heterocycles. The lowest BCUT2D eigenvalue weighted by Crippen LogP contribution is -2.31. The summed E-state index contributed by atoms with van der Waals surface area (Å²) in [5, 5.41) is 0. The van der Waals surface area contributed by atoms with Gasteiger partial charge in [-0.3, -0.25) is 9.78 Å². The van der Waals surface area contributed by atoms with E-state index in [2.05, 4.69) is 4.98 Å². The maximum absolute atomic E-state index is 12.3. The second-order valence-electron chi connectivity index (χ2n) is 4.83. The number of amides is 1. The third-order valence-electron chi connectivity index (χ3n) is 3.40. The maximum atomic E-state index is 12.3. The zero-order valence-corrected chi connectivity index (χ0v) is 10.7. The minimum absolute atomic E-state index is 0.0514. The molecular formula is C15H15N3O. The number of aromatic nitrogens is 1. The molecule has 0 aliphatic carbocycles. The quantitative estimate of drug-likeness (QED) is 0.889. The number of hydrogen-bond donors (Lipinski definition) is 1. The Morgan fingerprint density at radius 3 is 2.95 bits per heavy atom. The van der Waals surface area contributed by atoms with Gasteiger partial charge in [0.1, 0.15) is 6.04 Å². The van der Waals surface area contributed by atoms with Crippen LogP contribution in [0, 0.1) is 6.92 Å². The number of nitrogens with zero attached hydrogens (tertiary/aromatic N) is 2. The zero-order valence-electron chi connectivity index (χ0n) is 10.7. The van der Waals surface area contributed by atoms with Crippen molar-refractivity contribution in [2.24, 2.45) is 5.73 Å². The molecule has 2 heterocycles. The molecule has 19 heavy (non-hydrogen) atoms. The SMILES string of the molecule is Cc1ccc2c(c1)C(N)C(=O)N2Cc1cccnc1. The standard InChI is InChI=1S/C15H15N3O/c1-10-4-5-13-12(7-10)14(16)15(19)18(13)9-11-3-2-6-17-8-11/h2-8,14H,9,16H2,1H3. The number of anilines is 1. The van der Waals surface area contributed by atoms with Gasteiger partial charge >= 0.3 is 0 Å². The number of fused-ring (bicyclic) bond motifs is 1. The molecule has 4 nitrogen and oxygen atoms in total. The lowest BCUT2D eigenvalue weighted by atomic mass is 10.1. The van der Waals surface area contributed by atoms with E-state index >= 15 is 0 Å². The summed E-state index contributed by atoms with van der Waals surface area (Å²) in [4.78, 5) is 18.1. The first-order valence-corrected chi connectivity index (χ1v) is 6.23. The van der Waals surface area contributed by atoms with E-state index in [1.54, 1.807) is 17.3 Å². The van der Waals surface area contributed by atoms with Crippen molar-refractivity contribution in [2.75, 3.05) is 4.90 Å². The summed E-state index contributed by atoms with van der Waals surface area (Å²) >= 11 is 0. The highest BCUT2D eigenvalue weighted by atomic mass is 16.2. The molecule has 0 radical (unpaired) electrons. The number of carbonyl (C=O) groups excluding carboxylic acids is 1. The summed E-state index contributed by atoms with van der Waals surface area (Å²) in [6.45, 7) is 2.51. The lowest BCUT2D eigenvalue weighted by molar-refractivity contribution is -0.119. The van der Waals surface area contributed by atoms with Crippen molar-refractivity contribution in [3.05, 3.63) is 59.4 Å². The van der Waals surface area contributed by atoms with Gasteiger partial charge < -0.3 is 10.6 Å². The van der Waals surface area contributed by atoms with Crippen LogP contribution in [0.4, 0.5) is 5.69 Å². The first kappa shape index (κ1) is 11.9. The van der Waals surface area contributed by atoms with E-state index in [0.717, 1.165) is 22.4 Å². The van der Waals surface area contributed by atoms with Crippen LogP contribution in [0.15, 0.2) is 42.7 Å². The fourth-order valence-electron chi connectivity index (χ4n) is 2.43. The minimum Gasteiger partial charge on any atom is -0.316 e. The number of hydrogen-bond acceptors (Lipinski definition) is 3. The lowest BCUT2D eigenvalue weighted by Gasteiger charge is -2.17. The number of carbonyl (C=O) groups is 1. The summed E-state index contributed by atoms with van der Waals surface area (Å²) in [5.41, 5.74) is 9.93. The molecule has 4 heteroatoms. The summed E-state index contributed by atoms with van der Waals surface area (Å²) in [6, 6.07) is 9.23. The normalized spacial score (nSPS) is 17.7. The predicted molar refractivity (Wildman–Crippen MR) is 73.5 cm³/mol. The average Bonchev–Trinajstić information content (AvgIpc) is 2.65. The molecule has 1 amide bonds. The van der Waals surface area contributed by atoms with Gasteiger partial charge in [0.25, 0.3) is 0 Å². The topological polar surface area (TPSA) is 59.2 Å². The van der Waals surface area contributed by atoms with Crippen LogP contribution in [0.5, 0.6) is 0 Å². The van der Waals surface area contributed by atoms with Crippen molar-refractivity contribution in [1.29, 1.82) is 0 Å². The highest BCUT2D eigenvalue weighted by Crippen LogP contribution is 2.35. The van der Waals surface area contributed by atoms with Gasteiger partial charge in [-0.25, -0.2) is 0 Å². The Hall–Kier alpha value is -2.20. The van der Waals surface area contributed by atoms with Crippen molar-refractivity contribution in [1.82, 2.24) is 4.98 Å². The maximum Gasteiger partial charge on any atom is 0.248 e. The molecule has 0 spiro atoms. The Bertz CT molecular complexity index is 625. The molecule has 1 atom stereocenters. The van der Waals surface area contributed by atoms with Crippen LogP contribution >= 0.6 is 0 Å². The molecule has 1 aromatic carbocycles. The monoisotopic (exact) mass is 253 g/mol. The van der Waals surface area contributed by atoms with E-state index in [0.29, 0.717) is 6.54 Å². The van der Waals surface area contributed by atoms with Gasteiger partial charge in [-0.15, -0.1) is 0 Å². The molecule has 96 valence electrons. The van der Waals surface area contributed by atoms with E-state index < -0.39 is 6.04 Å². The minimum atomic E-state index is -0.549. The van der Waals surface area contributed by atoms with E-state index in [-0.39, 0.29) is 5.91 Å². The number of benzene rings is 1. The van der Waals surface area contributed by atoms with Gasteiger partial charge in [-0.2, -0.15) is 0 Å². The summed E-state index contributed by atoms with van der Waals surface area (Å²) in [5.74, 6) is -0.0514. The Morgan fingerprint density at radius 2 is 2.21 bits per heavy atom. The van der Waals surface area contributed by atoms with Gasteiger partial charge in [-0.05, 0) is 24.6 Å². The number of pyridine rings is 1.